The van der Waals surface area contributed by atoms with Crippen molar-refractivity contribution in [1.29, 1.82) is 0 Å². The predicted molar refractivity (Wildman–Crippen MR) is 227 cm³/mol. The topological polar surface area (TPSA) is 25.8 Å². The van der Waals surface area contributed by atoms with Crippen LogP contribution < -0.4 is 0 Å². The molecule has 0 amide bonds. The van der Waals surface area contributed by atoms with Gasteiger partial charge in [-0.1, -0.05) is 188 Å². The Kier molecular flexibility index (Phi) is 7.85. The zero-order chi connectivity index (χ0) is 35.8. The molecule has 0 spiro atoms. The number of rotatable bonds is 6. The number of nitrogens with zero attached hydrogens (tertiary/aromatic N) is 2. The summed E-state index contributed by atoms with van der Waals surface area (Å²) in [7, 11) is 0. The summed E-state index contributed by atoms with van der Waals surface area (Å²) in [6.07, 6.45) is 0. The average Bonchev–Trinajstić information content (AvgIpc) is 3.26. The van der Waals surface area contributed by atoms with Crippen molar-refractivity contribution in [3.05, 3.63) is 206 Å². The van der Waals surface area contributed by atoms with Gasteiger partial charge in [-0.3, -0.25) is 0 Å². The fourth-order valence-electron chi connectivity index (χ4n) is 7.84. The Balaban J connectivity index is 1.14. The van der Waals surface area contributed by atoms with Crippen LogP contribution in [0.5, 0.6) is 0 Å². The third kappa shape index (κ3) is 5.71. The molecule has 1 aromatic heterocycles. The Morgan fingerprint density at radius 3 is 1.50 bits per heavy atom. The van der Waals surface area contributed by atoms with Crippen LogP contribution in [0.15, 0.2) is 206 Å². The molecule has 10 rings (SSSR count). The summed E-state index contributed by atoms with van der Waals surface area (Å²) in [4.78, 5) is 10.4. The van der Waals surface area contributed by atoms with Crippen molar-refractivity contribution in [2.45, 2.75) is 0 Å². The van der Waals surface area contributed by atoms with E-state index in [0.717, 1.165) is 28.1 Å². The molecule has 0 aliphatic carbocycles. The van der Waals surface area contributed by atoms with Gasteiger partial charge in [-0.05, 0) is 83.9 Å². The van der Waals surface area contributed by atoms with E-state index >= 15 is 0 Å². The van der Waals surface area contributed by atoms with Crippen molar-refractivity contribution in [2.24, 2.45) is 0 Å². The monoisotopic (exact) mass is 686 g/mol. The molecule has 0 aliphatic heterocycles. The Morgan fingerprint density at radius 2 is 0.796 bits per heavy atom. The number of benzene rings is 9. The predicted octanol–water partition coefficient (Wildman–Crippen LogP) is 13.9. The molecule has 54 heavy (non-hydrogen) atoms. The van der Waals surface area contributed by atoms with Gasteiger partial charge < -0.3 is 0 Å². The fraction of sp³-hybridized carbons (Fsp3) is 0. The molecule has 252 valence electrons. The molecule has 0 unspecified atom stereocenters. The number of hydrogen-bond donors (Lipinski definition) is 0. The van der Waals surface area contributed by atoms with Gasteiger partial charge >= 0.3 is 0 Å². The highest BCUT2D eigenvalue weighted by Crippen LogP contribution is 2.41. The molecule has 0 saturated carbocycles. The minimum atomic E-state index is 0.694. The van der Waals surface area contributed by atoms with Crippen LogP contribution in [-0.2, 0) is 0 Å². The highest BCUT2D eigenvalue weighted by atomic mass is 14.9. The molecule has 0 N–H and O–H groups in total. The van der Waals surface area contributed by atoms with Gasteiger partial charge in [0.2, 0.25) is 0 Å². The number of hydrogen-bond acceptors (Lipinski definition) is 2. The molecule has 0 aliphatic rings. The maximum absolute atomic E-state index is 5.27. The largest absolute Gasteiger partial charge is 0.228 e. The number of fused-ring (bicyclic) bond motifs is 4. The average molecular weight is 687 g/mol. The maximum atomic E-state index is 5.27. The van der Waals surface area contributed by atoms with Crippen LogP contribution in [0.1, 0.15) is 0 Å². The summed E-state index contributed by atoms with van der Waals surface area (Å²) in [5.74, 6) is 0.694. The van der Waals surface area contributed by atoms with Gasteiger partial charge in [-0.2, -0.15) is 0 Å². The van der Waals surface area contributed by atoms with E-state index in [-0.39, 0.29) is 0 Å². The molecule has 10 aromatic rings. The first kappa shape index (κ1) is 31.6. The second-order valence-electron chi connectivity index (χ2n) is 13.8. The van der Waals surface area contributed by atoms with Crippen molar-refractivity contribution < 1.29 is 0 Å². The molecule has 2 nitrogen and oxygen atoms in total. The van der Waals surface area contributed by atoms with Crippen molar-refractivity contribution >= 4 is 32.3 Å². The van der Waals surface area contributed by atoms with Gasteiger partial charge in [0.25, 0.3) is 0 Å². The molecule has 2 heteroatoms. The lowest BCUT2D eigenvalue weighted by Crippen LogP contribution is -1.97. The molecule has 9 aromatic carbocycles. The highest BCUT2D eigenvalue weighted by Gasteiger charge is 2.16. The zero-order valence-electron chi connectivity index (χ0n) is 29.5. The zero-order valence-corrected chi connectivity index (χ0v) is 29.5. The SMILES string of the molecule is c1ccc(-c2cc(-c3ccc(-c4ccccc4)c(-c4ccccc4)c3)nc(-c3ccc(-c4c5ccccc5cc5ccc6ccccc6c45)cc3)n2)cc1. The lowest BCUT2D eigenvalue weighted by atomic mass is 9.89. The third-order valence-corrected chi connectivity index (χ3v) is 10.5. The smallest absolute Gasteiger partial charge is 0.160 e. The first-order valence-electron chi connectivity index (χ1n) is 18.4. The Labute approximate surface area is 314 Å². The quantitative estimate of drug-likeness (QED) is 0.129. The van der Waals surface area contributed by atoms with Crippen molar-refractivity contribution in [1.82, 2.24) is 9.97 Å². The lowest BCUT2D eigenvalue weighted by Gasteiger charge is -2.15. The summed E-state index contributed by atoms with van der Waals surface area (Å²) in [5, 5.41) is 7.49. The van der Waals surface area contributed by atoms with Crippen LogP contribution in [0.4, 0.5) is 0 Å². The van der Waals surface area contributed by atoms with Crippen LogP contribution in [0.25, 0.3) is 99.6 Å². The fourth-order valence-corrected chi connectivity index (χ4v) is 7.84. The van der Waals surface area contributed by atoms with E-state index in [0.29, 0.717) is 5.82 Å². The van der Waals surface area contributed by atoms with E-state index in [1.54, 1.807) is 0 Å². The normalized spacial score (nSPS) is 11.3. The first-order chi connectivity index (χ1) is 26.8. The van der Waals surface area contributed by atoms with Crippen LogP contribution in [0.3, 0.4) is 0 Å². The van der Waals surface area contributed by atoms with Gasteiger partial charge in [0.15, 0.2) is 5.82 Å². The molecule has 0 atom stereocenters. The van der Waals surface area contributed by atoms with E-state index in [2.05, 4.69) is 200 Å². The molecular weight excluding hydrogens is 653 g/mol. The number of aromatic nitrogens is 2. The molecule has 0 bridgehead atoms. The third-order valence-electron chi connectivity index (χ3n) is 10.5. The Hall–Kier alpha value is -7.16. The van der Waals surface area contributed by atoms with Crippen LogP contribution in [0, 0.1) is 0 Å². The summed E-state index contributed by atoms with van der Waals surface area (Å²) < 4.78 is 0. The van der Waals surface area contributed by atoms with E-state index in [9.17, 15) is 0 Å². The summed E-state index contributed by atoms with van der Waals surface area (Å²) in [6.45, 7) is 0. The second-order valence-corrected chi connectivity index (χ2v) is 13.8. The van der Waals surface area contributed by atoms with Gasteiger partial charge in [0.1, 0.15) is 0 Å². The highest BCUT2D eigenvalue weighted by molar-refractivity contribution is 6.21. The lowest BCUT2D eigenvalue weighted by molar-refractivity contribution is 1.18. The standard InChI is InChI=1S/C52H34N2/c1-4-14-35(15-5-1)44-31-30-42(33-47(44)36-16-6-2-7-17-36)49-34-48(38-19-8-3-9-20-38)53-52(54-49)40-27-25-39(26-28-40)50-46-23-13-11-21-41(46)32-43-29-24-37-18-10-12-22-45(37)51(43)50/h1-34H. The molecule has 0 saturated heterocycles. The van der Waals surface area contributed by atoms with Crippen LogP contribution >= 0.6 is 0 Å². The molecule has 1 heterocycles. The molecule has 0 fully saturated rings. The van der Waals surface area contributed by atoms with Gasteiger partial charge in [-0.25, -0.2) is 9.97 Å². The van der Waals surface area contributed by atoms with Gasteiger partial charge in [-0.15, -0.1) is 0 Å². The molecule has 0 radical (unpaired) electrons. The van der Waals surface area contributed by atoms with Gasteiger partial charge in [0, 0.05) is 16.7 Å². The van der Waals surface area contributed by atoms with Crippen molar-refractivity contribution in [3.8, 4) is 67.3 Å². The van der Waals surface area contributed by atoms with Gasteiger partial charge in [0.05, 0.1) is 11.4 Å². The van der Waals surface area contributed by atoms with E-state index in [4.69, 9.17) is 9.97 Å². The Bertz CT molecular complexity index is 2950. The Morgan fingerprint density at radius 1 is 0.278 bits per heavy atom. The van der Waals surface area contributed by atoms with Crippen molar-refractivity contribution in [3.63, 3.8) is 0 Å². The first-order valence-corrected chi connectivity index (χ1v) is 18.4. The van der Waals surface area contributed by atoms with Crippen molar-refractivity contribution in [2.75, 3.05) is 0 Å². The minimum absolute atomic E-state index is 0.694. The van der Waals surface area contributed by atoms with E-state index in [1.807, 2.05) is 6.07 Å². The van der Waals surface area contributed by atoms with Crippen LogP contribution in [-0.4, -0.2) is 9.97 Å². The summed E-state index contributed by atoms with van der Waals surface area (Å²) >= 11 is 0. The van der Waals surface area contributed by atoms with E-state index in [1.165, 1.54) is 65.7 Å². The molecular formula is C52H34N2. The minimum Gasteiger partial charge on any atom is -0.228 e. The second kappa shape index (κ2) is 13.4. The van der Waals surface area contributed by atoms with Crippen LogP contribution in [0.2, 0.25) is 0 Å². The maximum Gasteiger partial charge on any atom is 0.160 e. The summed E-state index contributed by atoms with van der Waals surface area (Å²) in [6, 6.07) is 73.4. The van der Waals surface area contributed by atoms with E-state index < -0.39 is 0 Å². The summed E-state index contributed by atoms with van der Waals surface area (Å²) in [5.41, 5.74) is 12.0.